The lowest BCUT2D eigenvalue weighted by molar-refractivity contribution is -0.0905. The summed E-state index contributed by atoms with van der Waals surface area (Å²) >= 11 is 0. The highest BCUT2D eigenvalue weighted by molar-refractivity contribution is 7.48. The van der Waals surface area contributed by atoms with E-state index in [1.807, 2.05) is 107 Å². The van der Waals surface area contributed by atoms with Crippen molar-refractivity contribution in [2.75, 3.05) is 27.4 Å². The van der Waals surface area contributed by atoms with Gasteiger partial charge in [-0.05, 0) is 52.8 Å². The first-order chi connectivity index (χ1) is 25.5. The smallest absolute Gasteiger partial charge is 0.330 e. The Labute approximate surface area is 310 Å². The van der Waals surface area contributed by atoms with Crippen LogP contribution in [0.3, 0.4) is 0 Å². The molecule has 5 rings (SSSR count). The fourth-order valence-electron chi connectivity index (χ4n) is 6.82. The van der Waals surface area contributed by atoms with Gasteiger partial charge in [-0.3, -0.25) is 14.3 Å². The molecule has 53 heavy (non-hydrogen) atoms. The second-order valence-corrected chi connectivity index (χ2v) is 15.1. The number of alkyl halides is 1. The van der Waals surface area contributed by atoms with Crippen molar-refractivity contribution in [1.82, 2.24) is 9.55 Å². The van der Waals surface area contributed by atoms with Gasteiger partial charge in [-0.2, -0.15) is 5.26 Å². The van der Waals surface area contributed by atoms with Gasteiger partial charge < -0.3 is 28.0 Å². The largest absolute Gasteiger partial charge is 0.497 e. The summed E-state index contributed by atoms with van der Waals surface area (Å²) < 4.78 is 55.3. The number of aromatic nitrogens is 2. The van der Waals surface area contributed by atoms with Crippen LogP contribution < -0.4 is 20.7 Å². The van der Waals surface area contributed by atoms with Crippen molar-refractivity contribution in [2.24, 2.45) is 11.8 Å². The van der Waals surface area contributed by atoms with Gasteiger partial charge in [0.25, 0.3) is 5.56 Å². The average Bonchev–Trinajstić information content (AvgIpc) is 3.46. The number of aromatic amines is 1. The first-order valence-corrected chi connectivity index (χ1v) is 18.8. The second-order valence-electron chi connectivity index (χ2n) is 13.4. The fourth-order valence-corrected chi connectivity index (χ4v) is 8.90. The lowest BCUT2D eigenvalue weighted by Crippen LogP contribution is -2.39. The molecule has 2 heterocycles. The Hall–Kier alpha value is -4.37. The predicted octanol–water partition coefficient (Wildman–Crippen LogP) is 7.11. The molecule has 282 valence electrons. The molecule has 1 fully saturated rings. The highest BCUT2D eigenvalue weighted by Gasteiger charge is 2.51. The molecular weight excluding hydrogens is 700 g/mol. The number of nitrogens with zero attached hydrogens (tertiary/aromatic N) is 2. The molecule has 4 aromatic rings. The minimum absolute atomic E-state index is 0.0949. The molecule has 1 aliphatic heterocycles. The van der Waals surface area contributed by atoms with Crippen LogP contribution in [0.25, 0.3) is 0 Å². The van der Waals surface area contributed by atoms with Crippen LogP contribution >= 0.6 is 8.38 Å². The topological polar surface area (TPSA) is 134 Å². The minimum atomic E-state index is -1.80. The zero-order chi connectivity index (χ0) is 38.1. The predicted molar refractivity (Wildman–Crippen MR) is 200 cm³/mol. The van der Waals surface area contributed by atoms with Crippen LogP contribution in [0, 0.1) is 23.2 Å². The molecule has 0 spiro atoms. The van der Waals surface area contributed by atoms with Crippen molar-refractivity contribution in [3.63, 3.8) is 0 Å². The van der Waals surface area contributed by atoms with Gasteiger partial charge in [-0.25, -0.2) is 9.18 Å². The van der Waals surface area contributed by atoms with Crippen LogP contribution in [-0.4, -0.2) is 61.0 Å². The molecule has 0 bridgehead atoms. The molecule has 11 nitrogen and oxygen atoms in total. The minimum Gasteiger partial charge on any atom is -0.497 e. The van der Waals surface area contributed by atoms with Crippen molar-refractivity contribution < 1.29 is 32.4 Å². The van der Waals surface area contributed by atoms with Crippen molar-refractivity contribution in [3.8, 4) is 17.6 Å². The number of benzene rings is 3. The lowest BCUT2D eigenvalue weighted by Gasteiger charge is -2.37. The quantitative estimate of drug-likeness (QED) is 0.0682. The summed E-state index contributed by atoms with van der Waals surface area (Å²) in [6.45, 7) is 7.98. The van der Waals surface area contributed by atoms with Crippen molar-refractivity contribution in [1.29, 1.82) is 5.26 Å². The maximum absolute atomic E-state index is 17.1. The highest BCUT2D eigenvalue weighted by Crippen LogP contribution is 2.54. The van der Waals surface area contributed by atoms with E-state index in [0.29, 0.717) is 11.5 Å². The number of hydrogen-bond acceptors (Lipinski definition) is 9. The Morgan fingerprint density at radius 1 is 0.887 bits per heavy atom. The van der Waals surface area contributed by atoms with Gasteiger partial charge in [-0.1, -0.05) is 82.3 Å². The van der Waals surface area contributed by atoms with E-state index >= 15 is 4.39 Å². The molecular formula is C40H47FN3O8P. The molecule has 2 unspecified atom stereocenters. The first kappa shape index (κ1) is 39.8. The molecule has 5 atom stereocenters. The number of ether oxygens (including phenoxy) is 4. The number of hydrogen-bond donors (Lipinski definition) is 1. The summed E-state index contributed by atoms with van der Waals surface area (Å²) in [6, 6.07) is 27.8. The van der Waals surface area contributed by atoms with E-state index in [1.165, 1.54) is 12.3 Å². The molecule has 1 aliphatic rings. The third kappa shape index (κ3) is 8.89. The highest BCUT2D eigenvalue weighted by atomic mass is 31.2. The van der Waals surface area contributed by atoms with Crippen LogP contribution in [0.15, 0.2) is 101 Å². The Morgan fingerprint density at radius 3 is 1.96 bits per heavy atom. The summed E-state index contributed by atoms with van der Waals surface area (Å²) in [4.78, 5) is 27.4. The molecule has 0 amide bonds. The maximum atomic E-state index is 17.1. The Kier molecular flexibility index (Phi) is 13.6. The Morgan fingerprint density at radius 2 is 1.45 bits per heavy atom. The molecule has 1 aromatic heterocycles. The van der Waals surface area contributed by atoms with Gasteiger partial charge in [0.05, 0.1) is 39.9 Å². The van der Waals surface area contributed by atoms with E-state index in [1.54, 1.807) is 14.2 Å². The van der Waals surface area contributed by atoms with E-state index in [-0.39, 0.29) is 37.1 Å². The lowest BCUT2D eigenvalue weighted by atomic mass is 9.80. The third-order valence-electron chi connectivity index (χ3n) is 9.29. The third-order valence-corrected chi connectivity index (χ3v) is 11.9. The zero-order valence-corrected chi connectivity index (χ0v) is 31.7. The number of nitriles is 1. The summed E-state index contributed by atoms with van der Waals surface area (Å²) in [6.07, 6.45) is -4.24. The number of methoxy groups -OCH3 is 2. The molecule has 0 radical (unpaired) electrons. The van der Waals surface area contributed by atoms with Gasteiger partial charge in [0.1, 0.15) is 29.3 Å². The number of halogens is 1. The Bertz CT molecular complexity index is 1860. The van der Waals surface area contributed by atoms with E-state index < -0.39 is 49.8 Å². The van der Waals surface area contributed by atoms with Gasteiger partial charge in [0.2, 0.25) is 0 Å². The van der Waals surface area contributed by atoms with Crippen molar-refractivity contribution >= 4 is 8.38 Å². The number of rotatable bonds is 17. The maximum Gasteiger partial charge on any atom is 0.330 e. The van der Waals surface area contributed by atoms with E-state index in [9.17, 15) is 14.9 Å². The number of H-pyrrole nitrogens is 1. The molecule has 0 saturated carbocycles. The van der Waals surface area contributed by atoms with Crippen LogP contribution in [-0.2, 0) is 24.1 Å². The molecule has 0 aliphatic carbocycles. The van der Waals surface area contributed by atoms with Crippen LogP contribution in [0.4, 0.5) is 4.39 Å². The summed E-state index contributed by atoms with van der Waals surface area (Å²) in [7, 11) is 1.40. The SMILES string of the molecule is COc1ccc(C(OC[C@H]2O[C@@H](n3ccc(=O)[nH]c3=O)[C@@H](OP(OCCC#N)C(C(C)C)C(C)C)C2F)(c2ccccc2)c2ccc(OC)cc2)cc1. The monoisotopic (exact) mass is 747 g/mol. The molecule has 3 aromatic carbocycles. The zero-order valence-electron chi connectivity index (χ0n) is 30.8. The van der Waals surface area contributed by atoms with Crippen LogP contribution in [0.2, 0.25) is 0 Å². The van der Waals surface area contributed by atoms with Crippen LogP contribution in [0.1, 0.15) is 57.0 Å². The second kappa shape index (κ2) is 18.1. The molecule has 1 N–H and O–H groups in total. The van der Waals surface area contributed by atoms with Gasteiger partial charge in [0, 0.05) is 17.9 Å². The standard InChI is InChI=1S/C40H47FN3O8P/c1-26(2)37(27(3)4)53(50-24-10-22-42)52-36-35(41)33(51-38(36)44-23-21-34(45)43-39(44)46)25-49-40(28-11-8-7-9-12-28,29-13-17-31(47-5)18-14-29)30-15-19-32(48-6)20-16-30/h7-9,11-21,23,26-27,33,35-38H,10,24-25H2,1-6H3,(H,43,45,46)/t33-,35?,36+,38-,53?/m1/s1. The fraction of sp³-hybridized carbons (Fsp3) is 0.425. The van der Waals surface area contributed by atoms with E-state index in [2.05, 4.69) is 11.1 Å². The van der Waals surface area contributed by atoms with Crippen molar-refractivity contribution in [2.45, 2.75) is 70.0 Å². The first-order valence-electron chi connectivity index (χ1n) is 17.6. The van der Waals surface area contributed by atoms with Gasteiger partial charge >= 0.3 is 5.69 Å². The van der Waals surface area contributed by atoms with Gasteiger partial charge in [0.15, 0.2) is 20.8 Å². The number of nitrogens with one attached hydrogen (secondary N) is 1. The summed E-state index contributed by atoms with van der Waals surface area (Å²) in [5, 5.41) is 9.23. The van der Waals surface area contributed by atoms with Crippen molar-refractivity contribution in [3.05, 3.63) is 129 Å². The average molecular weight is 748 g/mol. The summed E-state index contributed by atoms with van der Waals surface area (Å²) in [5.41, 5.74) is -0.512. The molecule has 1 saturated heterocycles. The van der Waals surface area contributed by atoms with Crippen LogP contribution in [0.5, 0.6) is 11.5 Å². The summed E-state index contributed by atoms with van der Waals surface area (Å²) in [5.74, 6) is 1.49. The Balaban J connectivity index is 1.58. The van der Waals surface area contributed by atoms with E-state index in [0.717, 1.165) is 21.3 Å². The normalized spacial score (nSPS) is 19.4. The van der Waals surface area contributed by atoms with Gasteiger partial charge in [-0.15, -0.1) is 0 Å². The molecule has 13 heteroatoms. The van der Waals surface area contributed by atoms with E-state index in [4.69, 9.17) is 28.0 Å².